The van der Waals surface area contributed by atoms with Gasteiger partial charge in [-0.05, 0) is 80.3 Å². The van der Waals surface area contributed by atoms with Crippen molar-refractivity contribution in [3.05, 3.63) is 75.3 Å². The molecule has 2 aromatic heterocycles. The van der Waals surface area contributed by atoms with Gasteiger partial charge in [0.1, 0.15) is 0 Å². The van der Waals surface area contributed by atoms with Gasteiger partial charge in [0.2, 0.25) is 5.91 Å². The summed E-state index contributed by atoms with van der Waals surface area (Å²) in [6, 6.07) is 14.2. The quantitative estimate of drug-likeness (QED) is 0.214. The predicted molar refractivity (Wildman–Crippen MR) is 198 cm³/mol. The molecule has 262 valence electrons. The van der Waals surface area contributed by atoms with E-state index in [1.54, 1.807) is 23.9 Å². The van der Waals surface area contributed by atoms with Crippen LogP contribution in [0.3, 0.4) is 0 Å². The number of aromatic nitrogens is 2. The van der Waals surface area contributed by atoms with E-state index in [4.69, 9.17) is 11.6 Å². The molecule has 13 heteroatoms. The number of carbonyl (C=O) groups is 2. The van der Waals surface area contributed by atoms with E-state index >= 15 is 0 Å². The molecule has 50 heavy (non-hydrogen) atoms. The Balaban J connectivity index is 0.979. The van der Waals surface area contributed by atoms with Crippen molar-refractivity contribution in [2.24, 2.45) is 11.3 Å². The Morgan fingerprint density at radius 1 is 1.12 bits per heavy atom. The lowest BCUT2D eigenvalue weighted by atomic mass is 9.57. The number of halogens is 1. The van der Waals surface area contributed by atoms with Crippen molar-refractivity contribution >= 4 is 56.6 Å². The van der Waals surface area contributed by atoms with E-state index in [-0.39, 0.29) is 29.2 Å². The van der Waals surface area contributed by atoms with Gasteiger partial charge in [0, 0.05) is 79.7 Å². The molecular formula is C37H42ClN7O3S2. The lowest BCUT2D eigenvalue weighted by Gasteiger charge is -2.51. The Kier molecular flexibility index (Phi) is 10.4. The molecule has 0 bridgehead atoms. The summed E-state index contributed by atoms with van der Waals surface area (Å²) in [7, 11) is -0.996. The molecule has 1 aliphatic carbocycles. The van der Waals surface area contributed by atoms with Crippen LogP contribution in [-0.2, 0) is 22.3 Å². The number of piperidine rings is 2. The first-order valence-electron chi connectivity index (χ1n) is 17.3. The maximum absolute atomic E-state index is 13.3. The van der Waals surface area contributed by atoms with Gasteiger partial charge in [-0.15, -0.1) is 11.3 Å². The average molecular weight is 732 g/mol. The van der Waals surface area contributed by atoms with E-state index in [2.05, 4.69) is 43.4 Å². The molecule has 2 aromatic carbocycles. The van der Waals surface area contributed by atoms with Crippen molar-refractivity contribution < 1.29 is 13.8 Å². The molecule has 3 fully saturated rings. The normalized spacial score (nSPS) is 19.2. The zero-order chi connectivity index (χ0) is 34.8. The number of fused-ring (bicyclic) bond motifs is 1. The molecule has 0 radical (unpaired) electrons. The summed E-state index contributed by atoms with van der Waals surface area (Å²) in [5.74, 6) is -0.0155. The van der Waals surface area contributed by atoms with Crippen LogP contribution in [0.5, 0.6) is 0 Å². The Hall–Kier alpha value is -3.60. The second kappa shape index (κ2) is 14.9. The first kappa shape index (κ1) is 34.8. The minimum Gasteiger partial charge on any atom is -0.352 e. The maximum atomic E-state index is 13.3. The van der Waals surface area contributed by atoms with E-state index < -0.39 is 11.0 Å². The van der Waals surface area contributed by atoms with E-state index in [9.17, 15) is 19.1 Å². The van der Waals surface area contributed by atoms with Crippen LogP contribution in [0.15, 0.2) is 54.2 Å². The number of carbonyl (C=O) groups excluding carboxylic acids is 2. The minimum absolute atomic E-state index is 0.0128. The summed E-state index contributed by atoms with van der Waals surface area (Å²) in [4.78, 5) is 32.0. The Morgan fingerprint density at radius 2 is 1.90 bits per heavy atom. The number of nitrogens with one attached hydrogen (secondary N) is 2. The fourth-order valence-corrected chi connectivity index (χ4v) is 9.64. The average Bonchev–Trinajstić information content (AvgIpc) is 3.80. The largest absolute Gasteiger partial charge is 0.352 e. The molecule has 2 saturated heterocycles. The first-order chi connectivity index (χ1) is 24.2. The maximum Gasteiger partial charge on any atom is 0.280 e. The molecule has 10 nitrogen and oxygen atoms in total. The Labute approximate surface area is 304 Å². The third kappa shape index (κ3) is 7.25. The number of hydrogen-bond acceptors (Lipinski definition) is 7. The predicted octanol–water partition coefficient (Wildman–Crippen LogP) is 5.76. The topological polar surface area (TPSA) is 123 Å². The summed E-state index contributed by atoms with van der Waals surface area (Å²) in [5, 5.41) is 19.6. The van der Waals surface area contributed by atoms with Gasteiger partial charge in [0.15, 0.2) is 5.01 Å². The van der Waals surface area contributed by atoms with Crippen LogP contribution in [0.4, 0.5) is 0 Å². The minimum atomic E-state index is -0.996. The van der Waals surface area contributed by atoms with E-state index in [0.29, 0.717) is 28.7 Å². The van der Waals surface area contributed by atoms with E-state index in [1.165, 1.54) is 11.3 Å². The van der Waals surface area contributed by atoms with Crippen molar-refractivity contribution in [2.75, 3.05) is 45.5 Å². The molecule has 7 rings (SSSR count). The van der Waals surface area contributed by atoms with Crippen molar-refractivity contribution in [3.8, 4) is 17.2 Å². The number of thiazole rings is 1. The number of likely N-dealkylation sites (tertiary alicyclic amines) is 1. The number of amides is 2. The number of nitriles is 1. The van der Waals surface area contributed by atoms with Crippen LogP contribution in [0.25, 0.3) is 22.0 Å². The van der Waals surface area contributed by atoms with Gasteiger partial charge >= 0.3 is 0 Å². The first-order valence-corrected chi connectivity index (χ1v) is 20.1. The number of benzene rings is 2. The zero-order valence-electron chi connectivity index (χ0n) is 28.2. The second-order valence-electron chi connectivity index (χ2n) is 13.9. The van der Waals surface area contributed by atoms with Crippen LogP contribution in [0.1, 0.15) is 65.5 Å². The molecule has 2 aliphatic heterocycles. The van der Waals surface area contributed by atoms with E-state index in [0.717, 1.165) is 98.8 Å². The third-order valence-electron chi connectivity index (χ3n) is 10.9. The van der Waals surface area contributed by atoms with Gasteiger partial charge in [-0.2, -0.15) is 5.26 Å². The highest BCUT2D eigenvalue weighted by Crippen LogP contribution is 2.52. The number of rotatable bonds is 10. The molecule has 2 N–H and O–H groups in total. The van der Waals surface area contributed by atoms with Crippen LogP contribution in [-0.4, -0.2) is 80.3 Å². The van der Waals surface area contributed by atoms with Gasteiger partial charge in [0.25, 0.3) is 5.91 Å². The molecule has 1 saturated carbocycles. The van der Waals surface area contributed by atoms with Crippen molar-refractivity contribution in [1.29, 1.82) is 5.26 Å². The Bertz CT molecular complexity index is 1930. The van der Waals surface area contributed by atoms with Crippen LogP contribution in [0, 0.1) is 22.7 Å². The second-order valence-corrected chi connectivity index (χ2v) is 16.6. The summed E-state index contributed by atoms with van der Waals surface area (Å²) < 4.78 is 16.4. The number of nitrogens with zero attached hydrogens (tertiary/aromatic N) is 5. The van der Waals surface area contributed by atoms with Crippen molar-refractivity contribution in [1.82, 2.24) is 29.4 Å². The van der Waals surface area contributed by atoms with Gasteiger partial charge in [-0.3, -0.25) is 9.59 Å². The fourth-order valence-electron chi connectivity index (χ4n) is 8.03. The lowest BCUT2D eigenvalue weighted by Crippen LogP contribution is -2.51. The summed E-state index contributed by atoms with van der Waals surface area (Å²) >= 11 is 8.56. The van der Waals surface area contributed by atoms with Gasteiger partial charge < -0.3 is 20.1 Å². The van der Waals surface area contributed by atoms with Crippen LogP contribution >= 0.6 is 22.9 Å². The Morgan fingerprint density at radius 3 is 2.60 bits per heavy atom. The highest BCUT2D eigenvalue weighted by atomic mass is 35.5. The molecule has 1 spiro atoms. The third-order valence-corrected chi connectivity index (χ3v) is 13.2. The summed E-state index contributed by atoms with van der Waals surface area (Å²) in [6.45, 7) is 5.23. The van der Waals surface area contributed by atoms with E-state index in [1.807, 2.05) is 28.6 Å². The monoisotopic (exact) mass is 731 g/mol. The number of hydrogen-bond donors (Lipinski definition) is 2. The van der Waals surface area contributed by atoms with Crippen LogP contribution in [0.2, 0.25) is 5.02 Å². The molecular weight excluding hydrogens is 690 g/mol. The molecule has 4 aromatic rings. The van der Waals surface area contributed by atoms with Crippen molar-refractivity contribution in [3.63, 3.8) is 0 Å². The van der Waals surface area contributed by atoms with Gasteiger partial charge in [-0.1, -0.05) is 35.9 Å². The van der Waals surface area contributed by atoms with Crippen LogP contribution < -0.4 is 10.6 Å². The molecule has 3 aliphatic rings. The molecule has 2 amide bonds. The molecule has 1 atom stereocenters. The SMILES string of the molecule is CS(=O)N1CCC(n2cc(-c3cccc(C#N)c3)c3ccc(CNC(=O)C4CC5(CCN(CCNC(=O)c6nccs6)CC5)C4)c(Cl)c32)CC1. The highest BCUT2D eigenvalue weighted by Gasteiger charge is 2.48. The molecule has 1 unspecified atom stereocenters. The van der Waals surface area contributed by atoms with Crippen molar-refractivity contribution in [2.45, 2.75) is 51.1 Å². The fraction of sp³-hybridized carbons (Fsp3) is 0.459. The summed E-state index contributed by atoms with van der Waals surface area (Å²) in [5.41, 5.74) is 4.62. The van der Waals surface area contributed by atoms with Gasteiger partial charge in [0.05, 0.1) is 33.2 Å². The highest BCUT2D eigenvalue weighted by molar-refractivity contribution is 7.81. The lowest BCUT2D eigenvalue weighted by molar-refractivity contribution is -0.135. The zero-order valence-corrected chi connectivity index (χ0v) is 30.6. The molecule has 4 heterocycles. The smallest absolute Gasteiger partial charge is 0.280 e. The summed E-state index contributed by atoms with van der Waals surface area (Å²) in [6.07, 6.45) is 11.2. The van der Waals surface area contributed by atoms with Gasteiger partial charge in [-0.25, -0.2) is 13.5 Å². The standard InChI is InChI=1S/C37H42ClN7O3S2/c1-50(48)44-13-7-29(8-14-44)45-24-31(26-4-2-3-25(19-26)22-39)30-6-5-27(32(38)33(30)45)23-42-34(46)28-20-37(21-28)9-15-43(16-10-37)17-11-40-35(47)36-41-12-18-49-36/h2-6,12,18-19,24,28-29H,7-11,13-17,20-21,23H2,1H3,(H,40,47)(H,42,46).